The minimum atomic E-state index is -0.669. The van der Waals surface area contributed by atoms with E-state index in [1.807, 2.05) is 11.0 Å². The Balaban J connectivity index is 1.85. The lowest BCUT2D eigenvalue weighted by molar-refractivity contribution is -0.384. The van der Waals surface area contributed by atoms with Crippen LogP contribution in [0.1, 0.15) is 22.8 Å². The van der Waals surface area contributed by atoms with Gasteiger partial charge < -0.3 is 15.5 Å². The monoisotopic (exact) mass is 354 g/mol. The second-order valence-electron chi connectivity index (χ2n) is 6.65. The number of benzene rings is 2. The van der Waals surface area contributed by atoms with Crippen LogP contribution in [-0.4, -0.2) is 36.5 Å². The normalized spacial score (nSPS) is 17.2. The van der Waals surface area contributed by atoms with E-state index in [1.165, 1.54) is 11.6 Å². The molecular formula is C19H22N4O3. The number of amides is 1. The molecule has 0 bridgehead atoms. The number of primary amides is 1. The Morgan fingerprint density at radius 2 is 2.00 bits per heavy atom. The molecule has 136 valence electrons. The number of piperazine rings is 1. The number of carbonyl (C=O) groups is 1. The van der Waals surface area contributed by atoms with Crippen molar-refractivity contribution in [3.05, 3.63) is 63.7 Å². The summed E-state index contributed by atoms with van der Waals surface area (Å²) in [5, 5.41) is 11.5. The van der Waals surface area contributed by atoms with Crippen molar-refractivity contribution in [2.24, 2.45) is 5.73 Å². The van der Waals surface area contributed by atoms with Crippen LogP contribution in [0, 0.1) is 17.0 Å². The predicted octanol–water partition coefficient (Wildman–Crippen LogP) is 2.72. The van der Waals surface area contributed by atoms with Gasteiger partial charge in [0.15, 0.2) is 0 Å². The first-order valence-corrected chi connectivity index (χ1v) is 8.53. The topological polar surface area (TPSA) is 92.7 Å². The second-order valence-corrected chi connectivity index (χ2v) is 6.65. The van der Waals surface area contributed by atoms with Crippen molar-refractivity contribution < 1.29 is 9.72 Å². The number of rotatable bonds is 4. The van der Waals surface area contributed by atoms with E-state index in [0.717, 1.165) is 12.2 Å². The molecule has 0 aliphatic carbocycles. The number of nitrogens with zero attached hydrogens (tertiary/aromatic N) is 3. The van der Waals surface area contributed by atoms with Gasteiger partial charge in [-0.25, -0.2) is 0 Å². The van der Waals surface area contributed by atoms with Gasteiger partial charge in [-0.1, -0.05) is 12.1 Å². The van der Waals surface area contributed by atoms with E-state index in [2.05, 4.69) is 36.9 Å². The molecule has 3 rings (SSSR count). The Bertz CT molecular complexity index is 852. The highest BCUT2D eigenvalue weighted by molar-refractivity contribution is 5.94. The smallest absolute Gasteiger partial charge is 0.293 e. The van der Waals surface area contributed by atoms with Crippen LogP contribution in [0.25, 0.3) is 0 Å². The number of carbonyl (C=O) groups excluding carboxylic acids is 1. The summed E-state index contributed by atoms with van der Waals surface area (Å²) in [4.78, 5) is 26.6. The zero-order valence-electron chi connectivity index (χ0n) is 14.9. The van der Waals surface area contributed by atoms with Crippen LogP contribution in [0.15, 0.2) is 42.5 Å². The molecule has 1 aliphatic rings. The van der Waals surface area contributed by atoms with Gasteiger partial charge in [-0.2, -0.15) is 0 Å². The van der Waals surface area contributed by atoms with Crippen LogP contribution in [0.2, 0.25) is 0 Å². The molecule has 1 aliphatic heterocycles. The predicted molar refractivity (Wildman–Crippen MR) is 102 cm³/mol. The van der Waals surface area contributed by atoms with Gasteiger partial charge in [-0.3, -0.25) is 14.9 Å². The largest absolute Gasteiger partial charge is 0.366 e. The fourth-order valence-electron chi connectivity index (χ4n) is 3.46. The number of hydrogen-bond acceptors (Lipinski definition) is 5. The number of anilines is 2. The van der Waals surface area contributed by atoms with Gasteiger partial charge in [0.05, 0.1) is 4.92 Å². The number of nitro groups is 1. The zero-order valence-corrected chi connectivity index (χ0v) is 14.9. The second kappa shape index (κ2) is 7.03. The quantitative estimate of drug-likeness (QED) is 0.673. The van der Waals surface area contributed by atoms with E-state index in [1.54, 1.807) is 12.1 Å². The van der Waals surface area contributed by atoms with Crippen LogP contribution in [-0.2, 0) is 0 Å². The maximum atomic E-state index is 11.5. The van der Waals surface area contributed by atoms with Crippen LogP contribution in [0.4, 0.5) is 17.1 Å². The number of aryl methyl sites for hydroxylation is 1. The van der Waals surface area contributed by atoms with Crippen molar-refractivity contribution in [3.8, 4) is 0 Å². The molecule has 26 heavy (non-hydrogen) atoms. The van der Waals surface area contributed by atoms with Crippen molar-refractivity contribution in [2.75, 3.05) is 29.4 Å². The van der Waals surface area contributed by atoms with E-state index >= 15 is 0 Å². The van der Waals surface area contributed by atoms with Gasteiger partial charge >= 0.3 is 0 Å². The van der Waals surface area contributed by atoms with Crippen molar-refractivity contribution in [3.63, 3.8) is 0 Å². The summed E-state index contributed by atoms with van der Waals surface area (Å²) in [6, 6.07) is 13.0. The Morgan fingerprint density at radius 3 is 2.62 bits per heavy atom. The standard InChI is InChI=1S/C19H22N4O3/c1-13-4-3-5-16(10-13)22-9-8-21(12-14(22)2)17-7-6-15(19(20)24)11-18(17)23(25)26/h3-7,10-11,14H,8-9,12H2,1-2H3,(H2,20,24)/t14-/m0/s1. The average molecular weight is 354 g/mol. The summed E-state index contributed by atoms with van der Waals surface area (Å²) in [7, 11) is 0. The molecule has 1 fully saturated rings. The summed E-state index contributed by atoms with van der Waals surface area (Å²) in [6.07, 6.45) is 0. The Hall–Kier alpha value is -3.09. The van der Waals surface area contributed by atoms with E-state index in [4.69, 9.17) is 5.73 Å². The zero-order chi connectivity index (χ0) is 18.8. The molecule has 2 aromatic rings. The molecule has 0 aromatic heterocycles. The Morgan fingerprint density at radius 1 is 1.23 bits per heavy atom. The molecule has 2 N–H and O–H groups in total. The number of nitrogens with two attached hydrogens (primary N) is 1. The highest BCUT2D eigenvalue weighted by atomic mass is 16.6. The summed E-state index contributed by atoms with van der Waals surface area (Å²) >= 11 is 0. The van der Waals surface area contributed by atoms with Crippen LogP contribution < -0.4 is 15.5 Å². The van der Waals surface area contributed by atoms with Crippen LogP contribution in [0.3, 0.4) is 0 Å². The van der Waals surface area contributed by atoms with Crippen LogP contribution in [0.5, 0.6) is 0 Å². The molecule has 0 spiro atoms. The Labute approximate surface area is 152 Å². The molecule has 1 amide bonds. The molecule has 1 saturated heterocycles. The minimum Gasteiger partial charge on any atom is -0.366 e. The van der Waals surface area contributed by atoms with E-state index < -0.39 is 10.8 Å². The highest BCUT2D eigenvalue weighted by Gasteiger charge is 2.28. The van der Waals surface area contributed by atoms with Gasteiger partial charge in [-0.15, -0.1) is 0 Å². The molecule has 2 aromatic carbocycles. The SMILES string of the molecule is Cc1cccc(N2CCN(c3ccc(C(N)=O)cc3[N+](=O)[O-])C[C@@H]2C)c1. The number of nitro benzene ring substituents is 1. The van der Waals surface area contributed by atoms with Gasteiger partial charge in [0.2, 0.25) is 5.91 Å². The molecule has 1 heterocycles. The molecule has 7 nitrogen and oxygen atoms in total. The summed E-state index contributed by atoms with van der Waals surface area (Å²) in [5.74, 6) is -0.669. The lowest BCUT2D eigenvalue weighted by Gasteiger charge is -2.42. The third kappa shape index (κ3) is 3.46. The molecular weight excluding hydrogens is 332 g/mol. The van der Waals surface area contributed by atoms with Crippen molar-refractivity contribution in [1.29, 1.82) is 0 Å². The Kier molecular flexibility index (Phi) is 4.79. The molecule has 0 unspecified atom stereocenters. The average Bonchev–Trinajstić information content (AvgIpc) is 2.61. The lowest BCUT2D eigenvalue weighted by atomic mass is 10.1. The molecule has 0 radical (unpaired) electrons. The molecule has 1 atom stereocenters. The van der Waals surface area contributed by atoms with Crippen molar-refractivity contribution in [2.45, 2.75) is 19.9 Å². The van der Waals surface area contributed by atoms with E-state index in [0.29, 0.717) is 18.8 Å². The molecule has 0 saturated carbocycles. The first kappa shape index (κ1) is 17.7. The van der Waals surface area contributed by atoms with Crippen molar-refractivity contribution >= 4 is 23.0 Å². The van der Waals surface area contributed by atoms with Gasteiger partial charge in [-0.05, 0) is 43.7 Å². The van der Waals surface area contributed by atoms with E-state index in [-0.39, 0.29) is 17.3 Å². The van der Waals surface area contributed by atoms with E-state index in [9.17, 15) is 14.9 Å². The minimum absolute atomic E-state index is 0.0856. The fourth-order valence-corrected chi connectivity index (χ4v) is 3.46. The van der Waals surface area contributed by atoms with Crippen LogP contribution >= 0.6 is 0 Å². The third-order valence-electron chi connectivity index (χ3n) is 4.76. The number of hydrogen-bond donors (Lipinski definition) is 1. The van der Waals surface area contributed by atoms with Crippen molar-refractivity contribution in [1.82, 2.24) is 0 Å². The summed E-state index contributed by atoms with van der Waals surface area (Å²) in [6.45, 7) is 6.26. The van der Waals surface area contributed by atoms with Gasteiger partial charge in [0.25, 0.3) is 5.69 Å². The fraction of sp³-hybridized carbons (Fsp3) is 0.316. The highest BCUT2D eigenvalue weighted by Crippen LogP contribution is 2.32. The first-order chi connectivity index (χ1) is 12.4. The summed E-state index contributed by atoms with van der Waals surface area (Å²) < 4.78 is 0. The maximum Gasteiger partial charge on any atom is 0.293 e. The molecule has 7 heteroatoms. The third-order valence-corrected chi connectivity index (χ3v) is 4.76. The maximum absolute atomic E-state index is 11.5. The first-order valence-electron chi connectivity index (χ1n) is 8.53. The van der Waals surface area contributed by atoms with Gasteiger partial charge in [0.1, 0.15) is 5.69 Å². The lowest BCUT2D eigenvalue weighted by Crippen LogP contribution is -2.52. The van der Waals surface area contributed by atoms with Gasteiger partial charge in [0, 0.05) is 43.0 Å². The summed E-state index contributed by atoms with van der Waals surface area (Å²) in [5.41, 5.74) is 8.20.